The molecule has 0 aliphatic heterocycles. The summed E-state index contributed by atoms with van der Waals surface area (Å²) in [7, 11) is 1.67. The van der Waals surface area contributed by atoms with E-state index in [-0.39, 0.29) is 19.0 Å². The summed E-state index contributed by atoms with van der Waals surface area (Å²) in [6.07, 6.45) is 0. The molecule has 0 bridgehead atoms. The lowest BCUT2D eigenvalue weighted by Crippen LogP contribution is -2.35. The van der Waals surface area contributed by atoms with Crippen LogP contribution >= 0.6 is 15.9 Å². The van der Waals surface area contributed by atoms with E-state index in [4.69, 9.17) is 5.73 Å². The highest BCUT2D eigenvalue weighted by molar-refractivity contribution is 9.10. The molecule has 0 aromatic heterocycles. The molecule has 0 saturated heterocycles. The number of anilines is 1. The van der Waals surface area contributed by atoms with Crippen molar-refractivity contribution in [1.29, 1.82) is 0 Å². The number of rotatable bonds is 5. The second kappa shape index (κ2) is 6.70. The number of benzene rings is 1. The zero-order valence-corrected chi connectivity index (χ0v) is 12.1. The van der Waals surface area contributed by atoms with E-state index >= 15 is 0 Å². The molecular weight excluding hydrogens is 301 g/mol. The highest BCUT2D eigenvalue weighted by atomic mass is 79.9. The SMILES string of the molecule is CCNC(=O)CN(C)c1ccc(CN)c(Br)c1F. The molecule has 3 N–H and O–H groups in total. The van der Waals surface area contributed by atoms with Crippen LogP contribution in [0.15, 0.2) is 16.6 Å². The summed E-state index contributed by atoms with van der Waals surface area (Å²) in [5, 5.41) is 2.67. The van der Waals surface area contributed by atoms with Crippen LogP contribution in [0.25, 0.3) is 0 Å². The van der Waals surface area contributed by atoms with Gasteiger partial charge in [-0.3, -0.25) is 4.79 Å². The lowest BCUT2D eigenvalue weighted by molar-refractivity contribution is -0.119. The van der Waals surface area contributed by atoms with Crippen molar-refractivity contribution < 1.29 is 9.18 Å². The first-order chi connectivity index (χ1) is 8.51. The maximum atomic E-state index is 14.1. The van der Waals surface area contributed by atoms with Crippen molar-refractivity contribution in [1.82, 2.24) is 5.32 Å². The van der Waals surface area contributed by atoms with Gasteiger partial charge in [-0.25, -0.2) is 4.39 Å². The van der Waals surface area contributed by atoms with Crippen LogP contribution in [0.5, 0.6) is 0 Å². The maximum absolute atomic E-state index is 14.1. The monoisotopic (exact) mass is 317 g/mol. The smallest absolute Gasteiger partial charge is 0.239 e. The van der Waals surface area contributed by atoms with E-state index in [1.54, 1.807) is 24.1 Å². The van der Waals surface area contributed by atoms with Gasteiger partial charge in [0.2, 0.25) is 5.91 Å². The Hall–Kier alpha value is -1.14. The Balaban J connectivity index is 2.90. The van der Waals surface area contributed by atoms with Gasteiger partial charge in [0.25, 0.3) is 0 Å². The molecule has 0 radical (unpaired) electrons. The standard InChI is InChI=1S/C12H17BrFN3O/c1-3-16-10(18)7-17(2)9-5-4-8(6-15)11(13)12(9)14/h4-5H,3,6-7,15H2,1-2H3,(H,16,18). The largest absolute Gasteiger partial charge is 0.363 e. The molecule has 4 nitrogen and oxygen atoms in total. The zero-order chi connectivity index (χ0) is 13.7. The molecule has 1 aromatic rings. The molecule has 0 aliphatic carbocycles. The average Bonchev–Trinajstić information content (AvgIpc) is 2.32. The average molecular weight is 318 g/mol. The van der Waals surface area contributed by atoms with Gasteiger partial charge in [0.1, 0.15) is 0 Å². The number of amides is 1. The molecule has 18 heavy (non-hydrogen) atoms. The highest BCUT2D eigenvalue weighted by Crippen LogP contribution is 2.28. The number of nitrogens with one attached hydrogen (secondary N) is 1. The fraction of sp³-hybridized carbons (Fsp3) is 0.417. The molecule has 1 amide bonds. The van der Waals surface area contributed by atoms with E-state index < -0.39 is 5.82 Å². The molecule has 100 valence electrons. The summed E-state index contributed by atoms with van der Waals surface area (Å²) in [4.78, 5) is 13.0. The molecule has 0 spiro atoms. The Morgan fingerprint density at radius 3 is 2.78 bits per heavy atom. The molecule has 0 heterocycles. The first-order valence-corrected chi connectivity index (χ1v) is 6.45. The van der Waals surface area contributed by atoms with Crippen molar-refractivity contribution in [3.05, 3.63) is 28.0 Å². The van der Waals surface area contributed by atoms with Crippen molar-refractivity contribution >= 4 is 27.5 Å². The van der Waals surface area contributed by atoms with E-state index in [1.165, 1.54) is 0 Å². The minimum Gasteiger partial charge on any atom is -0.363 e. The van der Waals surface area contributed by atoms with Crippen molar-refractivity contribution in [3.8, 4) is 0 Å². The van der Waals surface area contributed by atoms with E-state index in [1.807, 2.05) is 6.92 Å². The summed E-state index contributed by atoms with van der Waals surface area (Å²) in [6, 6.07) is 3.37. The number of hydrogen-bond acceptors (Lipinski definition) is 3. The molecule has 0 fully saturated rings. The van der Waals surface area contributed by atoms with Gasteiger partial charge >= 0.3 is 0 Å². The lowest BCUT2D eigenvalue weighted by Gasteiger charge is -2.20. The van der Waals surface area contributed by atoms with Crippen molar-refractivity contribution in [2.45, 2.75) is 13.5 Å². The molecule has 0 saturated carbocycles. The fourth-order valence-corrected chi connectivity index (χ4v) is 2.08. The summed E-state index contributed by atoms with van der Waals surface area (Å²) < 4.78 is 14.4. The van der Waals surface area contributed by atoms with Crippen LogP contribution in [0.1, 0.15) is 12.5 Å². The summed E-state index contributed by atoms with van der Waals surface area (Å²) in [6.45, 7) is 2.77. The van der Waals surface area contributed by atoms with Crippen LogP contribution in [0.3, 0.4) is 0 Å². The van der Waals surface area contributed by atoms with Gasteiger partial charge in [-0.05, 0) is 34.5 Å². The van der Waals surface area contributed by atoms with Gasteiger partial charge in [0.15, 0.2) is 5.82 Å². The third-order valence-corrected chi connectivity index (χ3v) is 3.39. The lowest BCUT2D eigenvalue weighted by atomic mass is 10.2. The van der Waals surface area contributed by atoms with Crippen LogP contribution in [-0.4, -0.2) is 26.0 Å². The number of likely N-dealkylation sites (N-methyl/N-ethyl adjacent to an activating group) is 2. The predicted molar refractivity (Wildman–Crippen MR) is 73.9 cm³/mol. The number of nitrogens with two attached hydrogens (primary N) is 1. The quantitative estimate of drug-likeness (QED) is 0.867. The first kappa shape index (κ1) is 14.9. The Kier molecular flexibility index (Phi) is 5.55. The van der Waals surface area contributed by atoms with Gasteiger partial charge in [-0.2, -0.15) is 0 Å². The van der Waals surface area contributed by atoms with Crippen LogP contribution < -0.4 is 16.0 Å². The Bertz CT molecular complexity index is 440. The minimum absolute atomic E-state index is 0.110. The number of carbonyl (C=O) groups excluding carboxylic acids is 1. The number of nitrogens with zero attached hydrogens (tertiary/aromatic N) is 1. The van der Waals surface area contributed by atoms with E-state index in [0.717, 1.165) is 0 Å². The fourth-order valence-electron chi connectivity index (χ4n) is 1.59. The molecular formula is C12H17BrFN3O. The number of hydrogen-bond donors (Lipinski definition) is 2. The summed E-state index contributed by atoms with van der Waals surface area (Å²) in [5.41, 5.74) is 6.55. The molecule has 0 atom stereocenters. The second-order valence-electron chi connectivity index (χ2n) is 3.89. The topological polar surface area (TPSA) is 58.4 Å². The third-order valence-electron chi connectivity index (χ3n) is 2.53. The Morgan fingerprint density at radius 2 is 2.22 bits per heavy atom. The molecule has 0 aliphatic rings. The normalized spacial score (nSPS) is 10.3. The second-order valence-corrected chi connectivity index (χ2v) is 4.68. The van der Waals surface area contributed by atoms with Crippen LogP contribution in [0.2, 0.25) is 0 Å². The third kappa shape index (κ3) is 3.43. The van der Waals surface area contributed by atoms with Crippen LogP contribution in [0, 0.1) is 5.82 Å². The number of halogens is 2. The molecule has 1 aromatic carbocycles. The van der Waals surface area contributed by atoms with E-state index in [2.05, 4.69) is 21.2 Å². The zero-order valence-electron chi connectivity index (χ0n) is 10.5. The first-order valence-electron chi connectivity index (χ1n) is 5.66. The Labute approximate surface area is 114 Å². The van der Waals surface area contributed by atoms with Gasteiger partial charge in [0.05, 0.1) is 16.7 Å². The summed E-state index contributed by atoms with van der Waals surface area (Å²) >= 11 is 3.17. The molecule has 1 rings (SSSR count). The van der Waals surface area contributed by atoms with Crippen molar-refractivity contribution in [2.24, 2.45) is 5.73 Å². The van der Waals surface area contributed by atoms with Gasteiger partial charge in [-0.1, -0.05) is 6.07 Å². The summed E-state index contributed by atoms with van der Waals surface area (Å²) in [5.74, 6) is -0.539. The van der Waals surface area contributed by atoms with Crippen molar-refractivity contribution in [3.63, 3.8) is 0 Å². The van der Waals surface area contributed by atoms with Crippen LogP contribution in [-0.2, 0) is 11.3 Å². The van der Waals surface area contributed by atoms with Gasteiger partial charge in [-0.15, -0.1) is 0 Å². The molecule has 0 unspecified atom stereocenters. The predicted octanol–water partition coefficient (Wildman–Crippen LogP) is 1.62. The van der Waals surface area contributed by atoms with Gasteiger partial charge < -0.3 is 16.0 Å². The molecule has 6 heteroatoms. The van der Waals surface area contributed by atoms with E-state index in [9.17, 15) is 9.18 Å². The minimum atomic E-state index is -0.398. The van der Waals surface area contributed by atoms with Crippen LogP contribution in [0.4, 0.5) is 10.1 Å². The number of carbonyl (C=O) groups is 1. The van der Waals surface area contributed by atoms with Gasteiger partial charge in [0, 0.05) is 20.1 Å². The maximum Gasteiger partial charge on any atom is 0.239 e. The Morgan fingerprint density at radius 1 is 1.56 bits per heavy atom. The van der Waals surface area contributed by atoms with Crippen molar-refractivity contribution in [2.75, 3.05) is 25.0 Å². The van der Waals surface area contributed by atoms with E-state index in [0.29, 0.717) is 22.3 Å². The highest BCUT2D eigenvalue weighted by Gasteiger charge is 2.15.